The minimum atomic E-state index is -1.02. The number of aliphatic hydroxyl groups is 1. The van der Waals surface area contributed by atoms with E-state index in [2.05, 4.69) is 17.6 Å². The van der Waals surface area contributed by atoms with Crippen LogP contribution in [0.3, 0.4) is 0 Å². The molecule has 1 aliphatic heterocycles. The highest BCUT2D eigenvalue weighted by Gasteiger charge is 2.33. The van der Waals surface area contributed by atoms with E-state index in [0.717, 1.165) is 44.6 Å². The number of hydrogen-bond donors (Lipinski definition) is 3. The lowest BCUT2D eigenvalue weighted by molar-refractivity contribution is -0.142. The molecule has 6 atom stereocenters. The van der Waals surface area contributed by atoms with Gasteiger partial charge in [-0.05, 0) is 56.2 Å². The van der Waals surface area contributed by atoms with Crippen molar-refractivity contribution in [3.8, 4) is 0 Å². The van der Waals surface area contributed by atoms with E-state index in [1.165, 1.54) is 17.0 Å². The second kappa shape index (κ2) is 14.7. The number of carbonyl (C=O) groups is 2. The summed E-state index contributed by atoms with van der Waals surface area (Å²) < 4.78 is 33.8. The minimum absolute atomic E-state index is 0.0345. The maximum atomic E-state index is 13.9. The van der Waals surface area contributed by atoms with E-state index < -0.39 is 35.7 Å². The van der Waals surface area contributed by atoms with E-state index in [-0.39, 0.29) is 43.4 Å². The average Bonchev–Trinajstić information content (AvgIpc) is 3.33. The lowest BCUT2D eigenvalue weighted by Gasteiger charge is -2.32. The molecule has 2 aliphatic rings. The van der Waals surface area contributed by atoms with Gasteiger partial charge < -0.3 is 25.4 Å². The SMILES string of the molecule is CCCC[C@H](C)C(=O)N(C)[C@H]1C/C=C\CO[C@H]2CC[C@H](C2)NC[C@@H](O)[C@H](Cc2cc(F)cc(F)c2)NC1=O. The average molecular weight is 536 g/mol. The van der Waals surface area contributed by atoms with Gasteiger partial charge in [-0.2, -0.15) is 0 Å². The molecule has 0 saturated heterocycles. The highest BCUT2D eigenvalue weighted by molar-refractivity contribution is 5.88. The maximum Gasteiger partial charge on any atom is 0.243 e. The summed E-state index contributed by atoms with van der Waals surface area (Å²) in [5.74, 6) is -2.21. The molecular formula is C29H43F2N3O4. The van der Waals surface area contributed by atoms with Crippen molar-refractivity contribution in [1.29, 1.82) is 0 Å². The number of nitrogens with zero attached hydrogens (tertiary/aromatic N) is 1. The smallest absolute Gasteiger partial charge is 0.243 e. The van der Waals surface area contributed by atoms with Gasteiger partial charge in [0.1, 0.15) is 17.7 Å². The van der Waals surface area contributed by atoms with Crippen molar-refractivity contribution in [1.82, 2.24) is 15.5 Å². The van der Waals surface area contributed by atoms with E-state index in [4.69, 9.17) is 4.74 Å². The molecule has 3 rings (SSSR count). The van der Waals surface area contributed by atoms with Crippen LogP contribution < -0.4 is 10.6 Å². The zero-order valence-electron chi connectivity index (χ0n) is 22.8. The molecule has 0 radical (unpaired) electrons. The molecule has 0 unspecified atom stereocenters. The fraction of sp³-hybridized carbons (Fsp3) is 0.655. The van der Waals surface area contributed by atoms with Crippen molar-refractivity contribution < 1.29 is 28.2 Å². The van der Waals surface area contributed by atoms with Crippen LogP contribution in [0.25, 0.3) is 0 Å². The van der Waals surface area contributed by atoms with Gasteiger partial charge in [-0.15, -0.1) is 0 Å². The van der Waals surface area contributed by atoms with Gasteiger partial charge in [0.25, 0.3) is 0 Å². The molecule has 9 heteroatoms. The summed E-state index contributed by atoms with van der Waals surface area (Å²) in [6.07, 6.45) is 8.42. The van der Waals surface area contributed by atoms with Crippen LogP contribution in [0.5, 0.6) is 0 Å². The van der Waals surface area contributed by atoms with Gasteiger partial charge in [-0.25, -0.2) is 8.78 Å². The summed E-state index contributed by atoms with van der Waals surface area (Å²) in [4.78, 5) is 28.2. The van der Waals surface area contributed by atoms with E-state index >= 15 is 0 Å². The predicted molar refractivity (Wildman–Crippen MR) is 142 cm³/mol. The van der Waals surface area contributed by atoms with Crippen molar-refractivity contribution in [3.05, 3.63) is 47.5 Å². The quantitative estimate of drug-likeness (QED) is 0.465. The number of amides is 2. The minimum Gasteiger partial charge on any atom is -0.390 e. The first-order valence-corrected chi connectivity index (χ1v) is 13.9. The van der Waals surface area contributed by atoms with Crippen molar-refractivity contribution in [2.45, 2.75) is 95.5 Å². The highest BCUT2D eigenvalue weighted by atomic mass is 19.1. The number of hydrogen-bond acceptors (Lipinski definition) is 5. The van der Waals surface area contributed by atoms with Gasteiger partial charge in [-0.1, -0.05) is 38.8 Å². The van der Waals surface area contributed by atoms with Crippen LogP contribution in [0.2, 0.25) is 0 Å². The Hall–Kier alpha value is -2.36. The normalized spacial score (nSPS) is 28.6. The second-order valence-corrected chi connectivity index (χ2v) is 10.8. The van der Waals surface area contributed by atoms with Crippen molar-refractivity contribution in [3.63, 3.8) is 0 Å². The largest absolute Gasteiger partial charge is 0.390 e. The standard InChI is InChI=1S/C29H43F2N3O4/c1-4-5-8-19(2)29(37)34(3)26-9-6-7-12-38-24-11-10-23(17-24)32-18-27(35)25(33-28(26)36)15-20-13-21(30)16-22(31)14-20/h6-7,13-14,16,19,23-27,32,35H,4-5,8-12,15,17-18H2,1-3H3,(H,33,36)/b7-6-/t19-,23+,24-,25-,26-,27+/m0/s1. The highest BCUT2D eigenvalue weighted by Crippen LogP contribution is 2.23. The summed E-state index contributed by atoms with van der Waals surface area (Å²) in [7, 11) is 1.63. The Bertz CT molecular complexity index is 940. The summed E-state index contributed by atoms with van der Waals surface area (Å²) in [5.41, 5.74) is 0.327. The van der Waals surface area contributed by atoms with Crippen LogP contribution in [-0.2, 0) is 20.7 Å². The summed E-state index contributed by atoms with van der Waals surface area (Å²) in [6, 6.07) is 1.74. The van der Waals surface area contributed by atoms with Crippen molar-refractivity contribution in [2.75, 3.05) is 20.2 Å². The Morgan fingerprint density at radius 3 is 2.66 bits per heavy atom. The summed E-state index contributed by atoms with van der Waals surface area (Å²) in [6.45, 7) is 4.56. The third-order valence-electron chi connectivity index (χ3n) is 7.65. The number of halogens is 2. The molecule has 2 amide bonds. The summed E-state index contributed by atoms with van der Waals surface area (Å²) >= 11 is 0. The number of nitrogens with one attached hydrogen (secondary N) is 2. The molecule has 0 spiro atoms. The van der Waals surface area contributed by atoms with Gasteiger partial charge in [0.2, 0.25) is 11.8 Å². The number of likely N-dealkylation sites (N-methyl/N-ethyl adjacent to an activating group) is 1. The fourth-order valence-corrected chi connectivity index (χ4v) is 5.31. The molecule has 0 aromatic heterocycles. The molecule has 1 aromatic carbocycles. The third kappa shape index (κ3) is 8.85. The molecule has 7 nitrogen and oxygen atoms in total. The molecule has 1 heterocycles. The Balaban J connectivity index is 1.85. The van der Waals surface area contributed by atoms with Gasteiger partial charge >= 0.3 is 0 Å². The molecule has 38 heavy (non-hydrogen) atoms. The second-order valence-electron chi connectivity index (χ2n) is 10.8. The summed E-state index contributed by atoms with van der Waals surface area (Å²) in [5, 5.41) is 17.4. The van der Waals surface area contributed by atoms with Crippen LogP contribution in [0.15, 0.2) is 30.4 Å². The first-order chi connectivity index (χ1) is 18.2. The molecule has 1 aromatic rings. The Morgan fingerprint density at radius 1 is 1.21 bits per heavy atom. The van der Waals surface area contributed by atoms with E-state index in [9.17, 15) is 23.5 Å². The van der Waals surface area contributed by atoms with Crippen LogP contribution in [0.4, 0.5) is 8.78 Å². The number of fused-ring (bicyclic) bond motifs is 2. The van der Waals surface area contributed by atoms with Gasteiger partial charge in [0.05, 0.1) is 24.9 Å². The predicted octanol–water partition coefficient (Wildman–Crippen LogP) is 3.49. The van der Waals surface area contributed by atoms with E-state index in [1.54, 1.807) is 7.05 Å². The Morgan fingerprint density at radius 2 is 1.95 bits per heavy atom. The van der Waals surface area contributed by atoms with Crippen LogP contribution in [0, 0.1) is 17.6 Å². The molecule has 2 bridgehead atoms. The Labute approximate surface area is 225 Å². The zero-order chi connectivity index (χ0) is 27.7. The molecule has 212 valence electrons. The van der Waals surface area contributed by atoms with Gasteiger partial charge in [0.15, 0.2) is 0 Å². The van der Waals surface area contributed by atoms with Crippen molar-refractivity contribution in [2.24, 2.45) is 5.92 Å². The molecule has 1 saturated carbocycles. The Kier molecular flexibility index (Phi) is 11.7. The van der Waals surface area contributed by atoms with Gasteiger partial charge in [0, 0.05) is 31.6 Å². The molecule has 3 N–H and O–H groups in total. The number of aliphatic hydroxyl groups excluding tert-OH is 1. The number of benzene rings is 1. The number of rotatable bonds is 7. The lowest BCUT2D eigenvalue weighted by atomic mass is 9.98. The number of ether oxygens (including phenoxy) is 1. The number of β-amino-alcohol motifs (C(OH)–C–C–N with tert-alkyl or cyclic N) is 1. The lowest BCUT2D eigenvalue weighted by Crippen LogP contribution is -2.55. The van der Waals surface area contributed by atoms with Crippen LogP contribution in [0.1, 0.15) is 64.4 Å². The fourth-order valence-electron chi connectivity index (χ4n) is 5.31. The maximum absolute atomic E-state index is 13.9. The first kappa shape index (κ1) is 30.2. The zero-order valence-corrected chi connectivity index (χ0v) is 22.8. The van der Waals surface area contributed by atoms with E-state index in [0.29, 0.717) is 12.2 Å². The monoisotopic (exact) mass is 535 g/mol. The molecule has 1 fully saturated rings. The van der Waals surface area contributed by atoms with Gasteiger partial charge in [-0.3, -0.25) is 9.59 Å². The molecule has 1 aliphatic carbocycles. The van der Waals surface area contributed by atoms with Crippen LogP contribution in [-0.4, -0.2) is 72.4 Å². The third-order valence-corrected chi connectivity index (χ3v) is 7.65. The molecular weight excluding hydrogens is 492 g/mol. The van der Waals surface area contributed by atoms with E-state index in [1.807, 2.05) is 19.1 Å². The van der Waals surface area contributed by atoms with Crippen molar-refractivity contribution >= 4 is 11.8 Å². The number of carbonyl (C=O) groups excluding carboxylic acids is 2. The topological polar surface area (TPSA) is 90.9 Å². The number of unbranched alkanes of at least 4 members (excludes halogenated alkanes) is 1. The van der Waals surface area contributed by atoms with Crippen LogP contribution >= 0.6 is 0 Å². The first-order valence-electron chi connectivity index (χ1n) is 13.9.